The molecule has 1 atom stereocenters. The Balaban J connectivity index is 2.12. The van der Waals surface area contributed by atoms with Crippen LogP contribution in [0.1, 0.15) is 32.5 Å². The van der Waals surface area contributed by atoms with Crippen molar-refractivity contribution in [1.82, 2.24) is 19.8 Å². The molecule has 1 heterocycles. The lowest BCUT2D eigenvalue weighted by Crippen LogP contribution is -2.25. The van der Waals surface area contributed by atoms with Crippen molar-refractivity contribution >= 4 is 16.7 Å². The topological polar surface area (TPSA) is 44.3 Å². The lowest BCUT2D eigenvalue weighted by Gasteiger charge is -2.20. The van der Waals surface area contributed by atoms with E-state index >= 15 is 0 Å². The van der Waals surface area contributed by atoms with E-state index in [2.05, 4.69) is 62.2 Å². The molecule has 2 rings (SSSR count). The zero-order chi connectivity index (χ0) is 18.2. The minimum absolute atomic E-state index is 0.689. The van der Waals surface area contributed by atoms with Crippen molar-refractivity contribution in [3.05, 3.63) is 30.1 Å². The third-order valence-electron chi connectivity index (χ3n) is 4.46. The summed E-state index contributed by atoms with van der Waals surface area (Å²) in [6.45, 7) is 8.36. The van der Waals surface area contributed by atoms with Crippen molar-refractivity contribution in [3.63, 3.8) is 0 Å². The van der Waals surface area contributed by atoms with Gasteiger partial charge in [0, 0.05) is 18.5 Å². The van der Waals surface area contributed by atoms with Gasteiger partial charge >= 0.3 is 0 Å². The Labute approximate surface area is 152 Å². The lowest BCUT2D eigenvalue weighted by molar-refractivity contribution is 0.269. The number of anilines is 1. The third kappa shape index (κ3) is 6.25. The van der Waals surface area contributed by atoms with Crippen molar-refractivity contribution in [3.8, 4) is 0 Å². The van der Waals surface area contributed by atoms with E-state index in [1.165, 1.54) is 6.42 Å². The third-order valence-corrected chi connectivity index (χ3v) is 4.46. The summed E-state index contributed by atoms with van der Waals surface area (Å²) in [5, 5.41) is 4.61. The van der Waals surface area contributed by atoms with Gasteiger partial charge in [-0.15, -0.1) is 0 Å². The number of fused-ring (bicyclic) bond motifs is 1. The van der Waals surface area contributed by atoms with Crippen LogP contribution in [-0.4, -0.2) is 60.5 Å². The number of rotatable bonds is 10. The van der Waals surface area contributed by atoms with Crippen LogP contribution in [0.5, 0.6) is 0 Å². The maximum absolute atomic E-state index is 4.81. The molecule has 25 heavy (non-hydrogen) atoms. The van der Waals surface area contributed by atoms with Gasteiger partial charge in [-0.2, -0.15) is 0 Å². The van der Waals surface area contributed by atoms with Crippen LogP contribution < -0.4 is 5.32 Å². The van der Waals surface area contributed by atoms with Gasteiger partial charge in [-0.3, -0.25) is 4.90 Å². The van der Waals surface area contributed by atoms with Gasteiger partial charge in [0.2, 0.25) is 0 Å². The van der Waals surface area contributed by atoms with E-state index < -0.39 is 0 Å². The maximum Gasteiger partial charge on any atom is 0.145 e. The van der Waals surface area contributed by atoms with Gasteiger partial charge in [-0.05, 0) is 52.2 Å². The zero-order valence-electron chi connectivity index (χ0n) is 16.4. The summed E-state index contributed by atoms with van der Waals surface area (Å²) in [5.74, 6) is 2.53. The lowest BCUT2D eigenvalue weighted by atomic mass is 10.1. The van der Waals surface area contributed by atoms with Gasteiger partial charge in [0.05, 0.1) is 12.1 Å². The first-order valence-corrected chi connectivity index (χ1v) is 9.32. The Bertz CT molecular complexity index is 656. The van der Waals surface area contributed by atoms with Crippen LogP contribution in [0.2, 0.25) is 0 Å². The molecule has 2 aromatic rings. The van der Waals surface area contributed by atoms with E-state index in [0.29, 0.717) is 5.92 Å². The Morgan fingerprint density at radius 3 is 2.60 bits per heavy atom. The van der Waals surface area contributed by atoms with Gasteiger partial charge in [0.1, 0.15) is 11.6 Å². The molecule has 1 aromatic carbocycles. The summed E-state index contributed by atoms with van der Waals surface area (Å²) in [7, 11) is 6.35. The summed E-state index contributed by atoms with van der Waals surface area (Å²) in [6.07, 6.45) is 2.29. The number of benzene rings is 1. The molecule has 0 aliphatic heterocycles. The molecule has 1 N–H and O–H groups in total. The molecule has 1 aromatic heterocycles. The number of hydrogen-bond acceptors (Lipinski definition) is 5. The highest BCUT2D eigenvalue weighted by molar-refractivity contribution is 5.88. The van der Waals surface area contributed by atoms with Gasteiger partial charge < -0.3 is 10.2 Å². The van der Waals surface area contributed by atoms with E-state index in [1.807, 2.05) is 12.1 Å². The van der Waals surface area contributed by atoms with Crippen LogP contribution in [0.25, 0.3) is 10.9 Å². The molecule has 0 saturated carbocycles. The Hall–Kier alpha value is -1.72. The van der Waals surface area contributed by atoms with Crippen molar-refractivity contribution in [2.45, 2.75) is 33.2 Å². The molecular formula is C20H33N5. The highest BCUT2D eigenvalue weighted by atomic mass is 15.1. The number of aromatic nitrogens is 2. The maximum atomic E-state index is 4.81. The van der Waals surface area contributed by atoms with Gasteiger partial charge in [0.25, 0.3) is 0 Å². The van der Waals surface area contributed by atoms with Gasteiger partial charge in [0.15, 0.2) is 0 Å². The molecule has 138 valence electrons. The monoisotopic (exact) mass is 343 g/mol. The van der Waals surface area contributed by atoms with Crippen molar-refractivity contribution in [1.29, 1.82) is 0 Å². The Kier molecular flexibility index (Phi) is 7.59. The summed E-state index contributed by atoms with van der Waals surface area (Å²) in [4.78, 5) is 14.1. The van der Waals surface area contributed by atoms with Gasteiger partial charge in [-0.25, -0.2) is 9.97 Å². The second kappa shape index (κ2) is 9.68. The smallest absolute Gasteiger partial charge is 0.145 e. The normalized spacial score (nSPS) is 12.9. The predicted molar refractivity (Wildman–Crippen MR) is 107 cm³/mol. The van der Waals surface area contributed by atoms with E-state index in [9.17, 15) is 0 Å². The predicted octanol–water partition coefficient (Wildman–Crippen LogP) is 3.47. The summed E-state index contributed by atoms with van der Waals surface area (Å²) < 4.78 is 0. The molecule has 0 amide bonds. The van der Waals surface area contributed by atoms with Crippen LogP contribution in [-0.2, 0) is 6.54 Å². The summed E-state index contributed by atoms with van der Waals surface area (Å²) in [6, 6.07) is 8.25. The highest BCUT2D eigenvalue weighted by Crippen LogP contribution is 2.20. The average molecular weight is 344 g/mol. The molecule has 0 fully saturated rings. The molecule has 0 radical (unpaired) electrons. The van der Waals surface area contributed by atoms with Crippen LogP contribution in [0.15, 0.2) is 24.3 Å². The first-order valence-electron chi connectivity index (χ1n) is 9.32. The van der Waals surface area contributed by atoms with Crippen LogP contribution in [0, 0.1) is 5.92 Å². The molecule has 0 saturated heterocycles. The fourth-order valence-electron chi connectivity index (χ4n) is 2.90. The first kappa shape index (κ1) is 19.6. The number of nitrogens with zero attached hydrogens (tertiary/aromatic N) is 4. The fraction of sp³-hybridized carbons (Fsp3) is 0.600. The van der Waals surface area contributed by atoms with E-state index in [0.717, 1.165) is 55.1 Å². The van der Waals surface area contributed by atoms with Crippen LogP contribution in [0.3, 0.4) is 0 Å². The molecule has 5 heteroatoms. The van der Waals surface area contributed by atoms with E-state index in [-0.39, 0.29) is 0 Å². The number of hydrogen-bond donors (Lipinski definition) is 1. The first-order chi connectivity index (χ1) is 12.0. The van der Waals surface area contributed by atoms with Crippen molar-refractivity contribution in [2.24, 2.45) is 5.92 Å². The van der Waals surface area contributed by atoms with E-state index in [4.69, 9.17) is 9.97 Å². The minimum Gasteiger partial charge on any atom is -0.369 e. The SMILES string of the molecule is CCC(C)CN(C)Cc1nc(NCCCN(C)C)c2ccccc2n1. The second-order valence-electron chi connectivity index (χ2n) is 7.30. The molecule has 1 unspecified atom stereocenters. The molecule has 0 aliphatic carbocycles. The number of nitrogens with one attached hydrogen (secondary N) is 1. The fourth-order valence-corrected chi connectivity index (χ4v) is 2.90. The van der Waals surface area contributed by atoms with Gasteiger partial charge in [-0.1, -0.05) is 32.4 Å². The quantitative estimate of drug-likeness (QED) is 0.669. The standard InChI is InChI=1S/C20H33N5/c1-6-16(2)14-25(5)15-19-22-18-11-8-7-10-17(18)20(23-19)21-12-9-13-24(3)4/h7-8,10-11,16H,6,9,12-15H2,1-5H3,(H,21,22,23). The zero-order valence-corrected chi connectivity index (χ0v) is 16.4. The molecule has 0 bridgehead atoms. The van der Waals surface area contributed by atoms with E-state index in [1.54, 1.807) is 0 Å². The molecule has 0 aliphatic rings. The molecule has 5 nitrogen and oxygen atoms in total. The van der Waals surface area contributed by atoms with Crippen molar-refractivity contribution < 1.29 is 0 Å². The average Bonchev–Trinajstić information content (AvgIpc) is 2.58. The Morgan fingerprint density at radius 2 is 1.88 bits per heavy atom. The number of para-hydroxylation sites is 1. The largest absolute Gasteiger partial charge is 0.369 e. The van der Waals surface area contributed by atoms with Crippen LogP contribution >= 0.6 is 0 Å². The Morgan fingerprint density at radius 1 is 1.12 bits per heavy atom. The van der Waals surface area contributed by atoms with Crippen molar-refractivity contribution in [2.75, 3.05) is 46.1 Å². The molecular weight excluding hydrogens is 310 g/mol. The molecule has 0 spiro atoms. The minimum atomic E-state index is 0.689. The summed E-state index contributed by atoms with van der Waals surface area (Å²) in [5.41, 5.74) is 1.01. The second-order valence-corrected chi connectivity index (χ2v) is 7.30. The van der Waals surface area contributed by atoms with Crippen LogP contribution in [0.4, 0.5) is 5.82 Å². The highest BCUT2D eigenvalue weighted by Gasteiger charge is 2.11. The summed E-state index contributed by atoms with van der Waals surface area (Å²) >= 11 is 0.